The first kappa shape index (κ1) is 20.2. The molecule has 152 valence electrons. The highest BCUT2D eigenvalue weighted by molar-refractivity contribution is 6.01. The van der Waals surface area contributed by atoms with Gasteiger partial charge in [0.05, 0.1) is 6.61 Å². The van der Waals surface area contributed by atoms with Crippen LogP contribution in [0.5, 0.6) is 0 Å². The highest BCUT2D eigenvalue weighted by atomic mass is 19.1. The molecule has 2 fully saturated rings. The van der Waals surface area contributed by atoms with Gasteiger partial charge in [-0.2, -0.15) is 0 Å². The summed E-state index contributed by atoms with van der Waals surface area (Å²) in [6.45, 7) is 0.491. The number of amides is 2. The number of benzene rings is 1. The van der Waals surface area contributed by atoms with E-state index in [0.29, 0.717) is 43.6 Å². The van der Waals surface area contributed by atoms with Gasteiger partial charge in [-0.15, -0.1) is 0 Å². The highest BCUT2D eigenvalue weighted by Crippen LogP contribution is 2.32. The van der Waals surface area contributed by atoms with E-state index in [1.807, 2.05) is 0 Å². The number of likely N-dealkylation sites (tertiary alicyclic amines) is 1. The van der Waals surface area contributed by atoms with E-state index in [1.54, 1.807) is 17.0 Å². The van der Waals surface area contributed by atoms with Gasteiger partial charge in [0.25, 0.3) is 0 Å². The summed E-state index contributed by atoms with van der Waals surface area (Å²) >= 11 is 0. The van der Waals surface area contributed by atoms with Gasteiger partial charge in [-0.05, 0) is 56.0 Å². The smallest absolute Gasteiger partial charge is 0.323 e. The summed E-state index contributed by atoms with van der Waals surface area (Å²) in [4.78, 5) is 35.9. The molecule has 2 unspecified atom stereocenters. The van der Waals surface area contributed by atoms with E-state index in [0.717, 1.165) is 0 Å². The number of aliphatic hydroxyl groups excluding tert-OH is 1. The molecule has 0 bridgehead atoms. The molecule has 3 rings (SSSR count). The van der Waals surface area contributed by atoms with Gasteiger partial charge in [-0.3, -0.25) is 24.6 Å². The average Bonchev–Trinajstić information content (AvgIpc) is 2.65. The molecule has 4 N–H and O–H groups in total. The van der Waals surface area contributed by atoms with E-state index in [9.17, 15) is 23.9 Å². The molecule has 2 aliphatic heterocycles. The number of halogens is 1. The van der Waals surface area contributed by atoms with Crippen molar-refractivity contribution in [3.8, 4) is 0 Å². The Morgan fingerprint density at radius 2 is 2.00 bits per heavy atom. The number of carboxylic acid groups (broad SMARTS) is 1. The Kier molecular flexibility index (Phi) is 6.25. The summed E-state index contributed by atoms with van der Waals surface area (Å²) in [5, 5.41) is 23.6. The van der Waals surface area contributed by atoms with E-state index in [1.165, 1.54) is 6.07 Å². The van der Waals surface area contributed by atoms with Gasteiger partial charge in [-0.25, -0.2) is 4.39 Å². The number of hydrogen-bond donors (Lipinski definition) is 4. The Labute approximate surface area is 161 Å². The molecule has 2 atom stereocenters. The fourth-order valence-electron chi connectivity index (χ4n) is 3.85. The molecule has 2 amide bonds. The Morgan fingerprint density at radius 3 is 2.57 bits per heavy atom. The van der Waals surface area contributed by atoms with Gasteiger partial charge in [0.1, 0.15) is 17.9 Å². The number of carboxylic acids is 1. The summed E-state index contributed by atoms with van der Waals surface area (Å²) in [6, 6.07) is 3.25. The van der Waals surface area contributed by atoms with E-state index >= 15 is 0 Å². The summed E-state index contributed by atoms with van der Waals surface area (Å²) < 4.78 is 14.7. The SMILES string of the molecule is O=C1CCC(Nc2ccc(C3CCN(C(CO)C(=O)O)CC3)c(F)c2)C(=O)N1. The molecule has 0 radical (unpaired) electrons. The number of hydrogen-bond acceptors (Lipinski definition) is 6. The third-order valence-corrected chi connectivity index (χ3v) is 5.45. The molecule has 28 heavy (non-hydrogen) atoms. The van der Waals surface area contributed by atoms with E-state index in [2.05, 4.69) is 10.6 Å². The van der Waals surface area contributed by atoms with Crippen LogP contribution in [0.2, 0.25) is 0 Å². The third-order valence-electron chi connectivity index (χ3n) is 5.45. The molecule has 2 saturated heterocycles. The van der Waals surface area contributed by atoms with Crippen LogP contribution in [0.15, 0.2) is 18.2 Å². The molecular formula is C19H24FN3O5. The van der Waals surface area contributed by atoms with E-state index in [4.69, 9.17) is 5.11 Å². The lowest BCUT2D eigenvalue weighted by Crippen LogP contribution is -2.47. The van der Waals surface area contributed by atoms with Crippen molar-refractivity contribution in [2.45, 2.75) is 43.7 Å². The fraction of sp³-hybridized carbons (Fsp3) is 0.526. The van der Waals surface area contributed by atoms with Gasteiger partial charge in [0.2, 0.25) is 11.8 Å². The number of nitrogens with zero attached hydrogens (tertiary/aromatic N) is 1. The van der Waals surface area contributed by atoms with Crippen LogP contribution in [0, 0.1) is 5.82 Å². The predicted molar refractivity (Wildman–Crippen MR) is 98.3 cm³/mol. The van der Waals surface area contributed by atoms with Crippen LogP contribution < -0.4 is 10.6 Å². The number of nitrogens with one attached hydrogen (secondary N) is 2. The lowest BCUT2D eigenvalue weighted by Gasteiger charge is -2.35. The van der Waals surface area contributed by atoms with Crippen molar-refractivity contribution in [1.82, 2.24) is 10.2 Å². The molecule has 2 aliphatic rings. The Bertz CT molecular complexity index is 764. The van der Waals surface area contributed by atoms with Crippen molar-refractivity contribution in [3.05, 3.63) is 29.6 Å². The van der Waals surface area contributed by atoms with Crippen molar-refractivity contribution in [2.75, 3.05) is 25.0 Å². The van der Waals surface area contributed by atoms with Gasteiger partial charge < -0.3 is 15.5 Å². The maximum atomic E-state index is 14.7. The molecule has 0 spiro atoms. The van der Waals surface area contributed by atoms with Crippen molar-refractivity contribution in [2.24, 2.45) is 0 Å². The number of anilines is 1. The minimum absolute atomic E-state index is 0.0333. The molecule has 1 aromatic carbocycles. The quantitative estimate of drug-likeness (QED) is 0.525. The molecule has 8 nitrogen and oxygen atoms in total. The Balaban J connectivity index is 1.61. The highest BCUT2D eigenvalue weighted by Gasteiger charge is 2.31. The van der Waals surface area contributed by atoms with Crippen LogP contribution in [0.1, 0.15) is 37.2 Å². The molecule has 0 aromatic heterocycles. The van der Waals surface area contributed by atoms with Crippen LogP contribution in [0.4, 0.5) is 10.1 Å². The largest absolute Gasteiger partial charge is 0.480 e. The second-order valence-corrected chi connectivity index (χ2v) is 7.23. The summed E-state index contributed by atoms with van der Waals surface area (Å²) in [5.74, 6) is -2.19. The molecule has 2 heterocycles. The maximum absolute atomic E-state index is 14.7. The minimum atomic E-state index is -1.06. The van der Waals surface area contributed by atoms with Gasteiger partial charge >= 0.3 is 5.97 Å². The van der Waals surface area contributed by atoms with E-state index < -0.39 is 30.6 Å². The average molecular weight is 393 g/mol. The van der Waals surface area contributed by atoms with Crippen molar-refractivity contribution in [1.29, 1.82) is 0 Å². The van der Waals surface area contributed by atoms with Crippen LogP contribution in [0.3, 0.4) is 0 Å². The Hall–Kier alpha value is -2.52. The zero-order chi connectivity index (χ0) is 20.3. The number of imide groups is 1. The minimum Gasteiger partial charge on any atom is -0.480 e. The first-order valence-electron chi connectivity index (χ1n) is 9.36. The van der Waals surface area contributed by atoms with Gasteiger partial charge in [-0.1, -0.05) is 6.07 Å². The summed E-state index contributed by atoms with van der Waals surface area (Å²) in [5.41, 5.74) is 1.03. The first-order valence-corrected chi connectivity index (χ1v) is 9.36. The number of carbonyl (C=O) groups is 3. The van der Waals surface area contributed by atoms with Crippen LogP contribution in [-0.4, -0.2) is 64.7 Å². The summed E-state index contributed by atoms with van der Waals surface area (Å²) in [6.07, 6.45) is 1.80. The lowest BCUT2D eigenvalue weighted by molar-refractivity contribution is -0.145. The van der Waals surface area contributed by atoms with Gasteiger partial charge in [0.15, 0.2) is 0 Å². The number of carbonyl (C=O) groups excluding carboxylic acids is 2. The monoisotopic (exact) mass is 393 g/mol. The van der Waals surface area contributed by atoms with Crippen LogP contribution in [-0.2, 0) is 14.4 Å². The molecule has 0 saturated carbocycles. The maximum Gasteiger partial charge on any atom is 0.323 e. The third kappa shape index (κ3) is 4.48. The van der Waals surface area contributed by atoms with Crippen molar-refractivity contribution < 1.29 is 29.0 Å². The van der Waals surface area contributed by atoms with Crippen molar-refractivity contribution >= 4 is 23.5 Å². The first-order chi connectivity index (χ1) is 13.4. The van der Waals surface area contributed by atoms with E-state index in [-0.39, 0.29) is 24.1 Å². The fourth-order valence-corrected chi connectivity index (χ4v) is 3.85. The van der Waals surface area contributed by atoms with Crippen molar-refractivity contribution in [3.63, 3.8) is 0 Å². The zero-order valence-corrected chi connectivity index (χ0v) is 15.4. The topological polar surface area (TPSA) is 119 Å². The van der Waals surface area contributed by atoms with Crippen LogP contribution >= 0.6 is 0 Å². The van der Waals surface area contributed by atoms with Gasteiger partial charge in [0, 0.05) is 12.1 Å². The van der Waals surface area contributed by atoms with Crippen LogP contribution in [0.25, 0.3) is 0 Å². The zero-order valence-electron chi connectivity index (χ0n) is 15.4. The number of aliphatic carboxylic acids is 1. The normalized spacial score (nSPS) is 22.6. The second-order valence-electron chi connectivity index (χ2n) is 7.23. The molecular weight excluding hydrogens is 369 g/mol. The predicted octanol–water partition coefficient (Wildman–Crippen LogP) is 0.668. The second kappa shape index (κ2) is 8.66. The molecule has 9 heteroatoms. The number of rotatable bonds is 6. The Morgan fingerprint density at radius 1 is 1.29 bits per heavy atom. The molecule has 0 aliphatic carbocycles. The molecule has 1 aromatic rings. The number of aliphatic hydroxyl groups is 1. The summed E-state index contributed by atoms with van der Waals surface area (Å²) in [7, 11) is 0. The standard InChI is InChI=1S/C19H24FN3O5/c20-14-9-12(21-15-3-4-17(25)22-18(15)26)1-2-13(14)11-5-7-23(8-6-11)16(10-24)19(27)28/h1-2,9,11,15-16,21,24H,3-8,10H2,(H,27,28)(H,22,25,26). The number of piperidine rings is 2. The lowest BCUT2D eigenvalue weighted by atomic mass is 9.88.